The van der Waals surface area contributed by atoms with E-state index in [1.165, 1.54) is 0 Å². The summed E-state index contributed by atoms with van der Waals surface area (Å²) in [5, 5.41) is 4.52. The van der Waals surface area contributed by atoms with Crippen LogP contribution in [0.5, 0.6) is 5.75 Å². The van der Waals surface area contributed by atoms with Crippen molar-refractivity contribution in [2.45, 2.75) is 32.1 Å². The first kappa shape index (κ1) is 16.4. The molecule has 3 heterocycles. The van der Waals surface area contributed by atoms with E-state index >= 15 is 0 Å². The van der Waals surface area contributed by atoms with Crippen molar-refractivity contribution in [3.8, 4) is 5.75 Å². The highest BCUT2D eigenvalue weighted by Crippen LogP contribution is 2.34. The van der Waals surface area contributed by atoms with Gasteiger partial charge in [0, 0.05) is 18.1 Å². The van der Waals surface area contributed by atoms with Gasteiger partial charge in [-0.1, -0.05) is 0 Å². The third-order valence-corrected chi connectivity index (χ3v) is 4.60. The number of ether oxygens (including phenoxy) is 2. The maximum absolute atomic E-state index is 11.8. The number of alkyl carbamates (subject to hydrolysis) is 1. The van der Waals surface area contributed by atoms with E-state index in [2.05, 4.69) is 15.2 Å². The number of anilines is 1. The second-order valence-corrected chi connectivity index (χ2v) is 6.83. The summed E-state index contributed by atoms with van der Waals surface area (Å²) in [5.74, 6) is 0.672. The van der Waals surface area contributed by atoms with Crippen molar-refractivity contribution in [1.82, 2.24) is 10.3 Å². The molecule has 1 aromatic carbocycles. The average Bonchev–Trinajstić information content (AvgIpc) is 3.10. The van der Waals surface area contributed by atoms with Gasteiger partial charge in [-0.2, -0.15) is 0 Å². The van der Waals surface area contributed by atoms with Gasteiger partial charge < -0.3 is 25.4 Å². The van der Waals surface area contributed by atoms with Crippen LogP contribution in [-0.2, 0) is 4.74 Å². The van der Waals surface area contributed by atoms with Gasteiger partial charge in [-0.3, -0.25) is 4.79 Å². The molecule has 8 nitrogen and oxygen atoms in total. The van der Waals surface area contributed by atoms with Crippen LogP contribution in [0, 0.1) is 0 Å². The molecule has 0 aliphatic carbocycles. The maximum atomic E-state index is 11.8. The molecule has 0 spiro atoms. The highest BCUT2D eigenvalue weighted by molar-refractivity contribution is 6.03. The minimum absolute atomic E-state index is 0.0455. The predicted octanol–water partition coefficient (Wildman–Crippen LogP) is 1.42. The molecule has 2 aliphatic rings. The molecule has 2 aromatic rings. The number of fused-ring (bicyclic) bond motifs is 2. The molecule has 3 N–H and O–H groups in total. The van der Waals surface area contributed by atoms with Gasteiger partial charge in [0.05, 0.1) is 24.3 Å². The van der Waals surface area contributed by atoms with Crippen LogP contribution in [0.25, 0.3) is 10.8 Å². The Morgan fingerprint density at radius 1 is 1.42 bits per heavy atom. The second-order valence-electron chi connectivity index (χ2n) is 6.83. The van der Waals surface area contributed by atoms with Gasteiger partial charge in [0.1, 0.15) is 17.7 Å². The van der Waals surface area contributed by atoms with Crippen LogP contribution >= 0.6 is 0 Å². The number of benzene rings is 1. The third-order valence-electron chi connectivity index (χ3n) is 4.60. The zero-order valence-corrected chi connectivity index (χ0v) is 14.6. The van der Waals surface area contributed by atoms with E-state index in [0.717, 1.165) is 16.6 Å². The van der Waals surface area contributed by atoms with E-state index in [4.69, 9.17) is 15.2 Å². The number of nitrogens with zero attached hydrogens (tertiary/aromatic N) is 2. The van der Waals surface area contributed by atoms with Gasteiger partial charge in [-0.25, -0.2) is 9.78 Å². The topological polar surface area (TPSA) is 107 Å². The van der Waals surface area contributed by atoms with Crippen molar-refractivity contribution >= 4 is 28.6 Å². The van der Waals surface area contributed by atoms with Gasteiger partial charge in [0.15, 0.2) is 0 Å². The summed E-state index contributed by atoms with van der Waals surface area (Å²) >= 11 is 0. The molecular formula is C18H20N4O4. The Bertz CT molecular complexity index is 882. The first-order valence-corrected chi connectivity index (χ1v) is 8.53. The van der Waals surface area contributed by atoms with Crippen LogP contribution in [0.1, 0.15) is 24.2 Å². The minimum Gasteiger partial charge on any atom is -0.490 e. The molecule has 0 bridgehead atoms. The van der Waals surface area contributed by atoms with Crippen molar-refractivity contribution in [1.29, 1.82) is 0 Å². The van der Waals surface area contributed by atoms with Crippen LogP contribution < -0.4 is 20.7 Å². The third kappa shape index (κ3) is 2.77. The first-order valence-electron chi connectivity index (χ1n) is 8.53. The van der Waals surface area contributed by atoms with Crippen LogP contribution in [0.3, 0.4) is 0 Å². The first-order chi connectivity index (χ1) is 12.4. The van der Waals surface area contributed by atoms with Crippen molar-refractivity contribution < 1.29 is 19.1 Å². The molecule has 0 saturated carbocycles. The number of carbonyl (C=O) groups is 2. The Hall–Kier alpha value is -3.03. The molecule has 2 saturated heterocycles. The van der Waals surface area contributed by atoms with E-state index in [1.807, 2.05) is 26.0 Å². The minimum atomic E-state index is -0.535. The quantitative estimate of drug-likeness (QED) is 0.858. The zero-order valence-electron chi connectivity index (χ0n) is 14.6. The summed E-state index contributed by atoms with van der Waals surface area (Å²) in [6, 6.07) is 5.33. The second kappa shape index (κ2) is 6.05. The fourth-order valence-corrected chi connectivity index (χ4v) is 3.51. The molecule has 2 aliphatic heterocycles. The fourth-order valence-electron chi connectivity index (χ4n) is 3.51. The molecular weight excluding hydrogens is 336 g/mol. The zero-order chi connectivity index (χ0) is 18.4. The maximum Gasteiger partial charge on any atom is 0.407 e. The van der Waals surface area contributed by atoms with E-state index in [0.29, 0.717) is 24.4 Å². The summed E-state index contributed by atoms with van der Waals surface area (Å²) < 4.78 is 11.1. The lowest BCUT2D eigenvalue weighted by Gasteiger charge is -2.21. The van der Waals surface area contributed by atoms with E-state index in [-0.39, 0.29) is 24.3 Å². The Morgan fingerprint density at radius 2 is 2.23 bits per heavy atom. The number of nitrogens with two attached hydrogens (primary N) is 1. The number of hydrogen-bond acceptors (Lipinski definition) is 6. The largest absolute Gasteiger partial charge is 0.490 e. The molecule has 2 amide bonds. The number of hydrogen-bond donors (Lipinski definition) is 2. The number of rotatable bonds is 4. The Kier molecular flexibility index (Phi) is 3.82. The summed E-state index contributed by atoms with van der Waals surface area (Å²) in [7, 11) is 0. The Morgan fingerprint density at radius 3 is 2.92 bits per heavy atom. The van der Waals surface area contributed by atoms with Gasteiger partial charge >= 0.3 is 6.09 Å². The Balaban J connectivity index is 1.76. The molecule has 2 fully saturated rings. The monoisotopic (exact) mass is 356 g/mol. The Labute approximate surface area is 150 Å². The molecule has 136 valence electrons. The summed E-state index contributed by atoms with van der Waals surface area (Å²) in [5.41, 5.74) is 5.86. The van der Waals surface area contributed by atoms with Gasteiger partial charge in [0.2, 0.25) is 0 Å². The number of primary amides is 1. The van der Waals surface area contributed by atoms with Crippen LogP contribution in [-0.4, -0.2) is 48.3 Å². The molecule has 26 heavy (non-hydrogen) atoms. The average molecular weight is 356 g/mol. The van der Waals surface area contributed by atoms with Gasteiger partial charge in [-0.05, 0) is 37.4 Å². The smallest absolute Gasteiger partial charge is 0.407 e. The molecule has 2 atom stereocenters. The van der Waals surface area contributed by atoms with Crippen molar-refractivity contribution in [2.24, 2.45) is 5.73 Å². The SMILES string of the molecule is CC(C)Oc1cc2c(N3C[C@@H]4OC(=O)N[C@@H]4C3)nccc2cc1C(N)=O. The number of aromatic nitrogens is 1. The van der Waals surface area contributed by atoms with Gasteiger partial charge in [-0.15, -0.1) is 0 Å². The molecule has 8 heteroatoms. The van der Waals surface area contributed by atoms with Crippen LogP contribution in [0.2, 0.25) is 0 Å². The number of pyridine rings is 1. The number of nitrogens with one attached hydrogen (secondary N) is 1. The molecule has 0 unspecified atom stereocenters. The van der Waals surface area contributed by atoms with Crippen molar-refractivity contribution in [2.75, 3.05) is 18.0 Å². The van der Waals surface area contributed by atoms with E-state index in [9.17, 15) is 9.59 Å². The predicted molar refractivity (Wildman–Crippen MR) is 95.4 cm³/mol. The van der Waals surface area contributed by atoms with E-state index in [1.54, 1.807) is 12.3 Å². The molecule has 1 aromatic heterocycles. The fraction of sp³-hybridized carbons (Fsp3) is 0.389. The normalized spacial score (nSPS) is 21.7. The highest BCUT2D eigenvalue weighted by atomic mass is 16.6. The van der Waals surface area contributed by atoms with Crippen molar-refractivity contribution in [3.05, 3.63) is 30.0 Å². The lowest BCUT2D eigenvalue weighted by Crippen LogP contribution is -2.32. The van der Waals surface area contributed by atoms with Crippen molar-refractivity contribution in [3.63, 3.8) is 0 Å². The lowest BCUT2D eigenvalue weighted by molar-refractivity contribution is 0.0994. The summed E-state index contributed by atoms with van der Waals surface area (Å²) in [6.45, 7) is 4.95. The number of amides is 2. The van der Waals surface area contributed by atoms with Gasteiger partial charge in [0.25, 0.3) is 5.91 Å². The molecule has 0 radical (unpaired) electrons. The number of carbonyl (C=O) groups excluding carboxylic acids is 2. The van der Waals surface area contributed by atoms with E-state index < -0.39 is 5.91 Å². The highest BCUT2D eigenvalue weighted by Gasteiger charge is 2.42. The molecule has 4 rings (SSSR count). The summed E-state index contributed by atoms with van der Waals surface area (Å²) in [6.07, 6.45) is 1.04. The van der Waals surface area contributed by atoms with Crippen LogP contribution in [0.15, 0.2) is 24.4 Å². The van der Waals surface area contributed by atoms with Crippen LogP contribution in [0.4, 0.5) is 10.6 Å². The lowest BCUT2D eigenvalue weighted by atomic mass is 10.1. The standard InChI is InChI=1S/C18H20N4O4/c1-9(2)25-14-6-11-10(5-12(14)16(19)23)3-4-20-17(11)22-7-13-15(8-22)26-18(24)21-13/h3-6,9,13,15H,7-8H2,1-2H3,(H2,19,23)(H,21,24)/t13-,15+/m1/s1. The summed E-state index contributed by atoms with van der Waals surface area (Å²) in [4.78, 5) is 29.7.